The molecule has 0 aliphatic rings. The number of ether oxygens (including phenoxy) is 1. The van der Waals surface area contributed by atoms with Gasteiger partial charge < -0.3 is 4.74 Å². The van der Waals surface area contributed by atoms with Gasteiger partial charge in [0.05, 0.1) is 6.61 Å². The number of carbonyl (C=O) groups is 1. The van der Waals surface area contributed by atoms with Crippen LogP contribution in [0.4, 0.5) is 17.6 Å². The van der Waals surface area contributed by atoms with Gasteiger partial charge >= 0.3 is 27.3 Å². The van der Waals surface area contributed by atoms with Crippen molar-refractivity contribution in [2.75, 3.05) is 6.61 Å². The Morgan fingerprint density at radius 1 is 1.22 bits per heavy atom. The van der Waals surface area contributed by atoms with E-state index in [1.54, 1.807) is 0 Å². The Hall–Kier alpha value is -0.900. The van der Waals surface area contributed by atoms with Gasteiger partial charge in [0, 0.05) is 13.3 Å². The van der Waals surface area contributed by atoms with Crippen LogP contribution in [0, 0.1) is 0 Å². The highest BCUT2D eigenvalue weighted by atomic mass is 32.2. The fourth-order valence-electron chi connectivity index (χ4n) is 0.999. The Bertz CT molecular complexity index is 392. The third-order valence-corrected chi connectivity index (χ3v) is 2.89. The second-order valence-corrected chi connectivity index (χ2v) is 4.96. The quantitative estimate of drug-likeness (QED) is 0.335. The minimum Gasteiger partial charge on any atom is -0.466 e. The lowest BCUT2D eigenvalue weighted by Gasteiger charge is -2.23. The van der Waals surface area contributed by atoms with Gasteiger partial charge in [0.1, 0.15) is 0 Å². The predicted molar refractivity (Wildman–Crippen MR) is 51.9 cm³/mol. The SMILES string of the molecule is CC(=O)OCCCCC(F)(F)C(F)(F)S(=O)(=O)O. The van der Waals surface area contributed by atoms with Crippen LogP contribution < -0.4 is 0 Å². The standard InChI is InChI=1S/C8H12F4O5S/c1-6(13)17-5-3-2-4-7(9,10)8(11,12)18(14,15)16/h2-5H2,1H3,(H,14,15,16). The smallest absolute Gasteiger partial charge is 0.431 e. The van der Waals surface area contributed by atoms with E-state index >= 15 is 0 Å². The lowest BCUT2D eigenvalue weighted by atomic mass is 10.1. The molecule has 0 fully saturated rings. The molecule has 0 saturated heterocycles. The second kappa shape index (κ2) is 5.83. The normalized spacial score (nSPS) is 13.4. The van der Waals surface area contributed by atoms with Crippen LogP contribution in [-0.2, 0) is 19.6 Å². The number of alkyl halides is 4. The maximum absolute atomic E-state index is 12.9. The first-order valence-corrected chi connectivity index (χ1v) is 6.22. The van der Waals surface area contributed by atoms with Crippen molar-refractivity contribution in [1.29, 1.82) is 0 Å². The molecule has 10 heteroatoms. The number of hydrogen-bond donors (Lipinski definition) is 1. The summed E-state index contributed by atoms with van der Waals surface area (Å²) < 4.78 is 83.8. The zero-order chi connectivity index (χ0) is 14.6. The van der Waals surface area contributed by atoms with Crippen molar-refractivity contribution in [3.63, 3.8) is 0 Å². The van der Waals surface area contributed by atoms with Crippen LogP contribution in [0.1, 0.15) is 26.2 Å². The Balaban J connectivity index is 4.36. The van der Waals surface area contributed by atoms with Crippen molar-refractivity contribution in [2.45, 2.75) is 37.4 Å². The van der Waals surface area contributed by atoms with Crippen LogP contribution in [0.5, 0.6) is 0 Å². The molecule has 1 N–H and O–H groups in total. The lowest BCUT2D eigenvalue weighted by molar-refractivity contribution is -0.165. The molecule has 18 heavy (non-hydrogen) atoms. The number of halogens is 4. The van der Waals surface area contributed by atoms with Gasteiger partial charge in [-0.3, -0.25) is 9.35 Å². The average molecular weight is 296 g/mol. The first kappa shape index (κ1) is 17.1. The molecule has 0 aromatic carbocycles. The molecular weight excluding hydrogens is 284 g/mol. The summed E-state index contributed by atoms with van der Waals surface area (Å²) in [6, 6.07) is 0. The van der Waals surface area contributed by atoms with Gasteiger partial charge in [0.2, 0.25) is 0 Å². The van der Waals surface area contributed by atoms with Gasteiger partial charge in [-0.25, -0.2) is 0 Å². The maximum atomic E-state index is 12.9. The monoisotopic (exact) mass is 296 g/mol. The summed E-state index contributed by atoms with van der Waals surface area (Å²) in [6.07, 6.45) is -2.08. The van der Waals surface area contributed by atoms with Crippen molar-refractivity contribution in [2.24, 2.45) is 0 Å². The highest BCUT2D eigenvalue weighted by Gasteiger charge is 2.64. The van der Waals surface area contributed by atoms with Gasteiger partial charge in [-0.15, -0.1) is 0 Å². The molecule has 0 bridgehead atoms. The molecule has 0 rings (SSSR count). The first-order valence-electron chi connectivity index (χ1n) is 4.78. The van der Waals surface area contributed by atoms with Crippen molar-refractivity contribution >= 4 is 16.1 Å². The fourth-order valence-corrected chi connectivity index (χ4v) is 1.48. The van der Waals surface area contributed by atoms with E-state index < -0.39 is 40.1 Å². The highest BCUT2D eigenvalue weighted by Crippen LogP contribution is 2.41. The van der Waals surface area contributed by atoms with Gasteiger partial charge in [-0.05, 0) is 12.8 Å². The minimum atomic E-state index is -6.18. The summed E-state index contributed by atoms with van der Waals surface area (Å²) in [5.41, 5.74) is 0. The molecule has 0 aliphatic carbocycles. The lowest BCUT2D eigenvalue weighted by Crippen LogP contribution is -2.46. The van der Waals surface area contributed by atoms with E-state index in [9.17, 15) is 30.8 Å². The van der Waals surface area contributed by atoms with E-state index in [0.29, 0.717) is 0 Å². The van der Waals surface area contributed by atoms with E-state index in [1.165, 1.54) is 0 Å². The molecule has 108 valence electrons. The zero-order valence-electron chi connectivity index (χ0n) is 9.33. The molecule has 0 amide bonds. The van der Waals surface area contributed by atoms with E-state index in [-0.39, 0.29) is 13.0 Å². The molecule has 0 saturated carbocycles. The predicted octanol–water partition coefficient (Wildman–Crippen LogP) is 1.84. The minimum absolute atomic E-state index is 0.128. The van der Waals surface area contributed by atoms with Crippen LogP contribution >= 0.6 is 0 Å². The van der Waals surface area contributed by atoms with Crippen LogP contribution in [-0.4, -0.2) is 36.7 Å². The number of carbonyl (C=O) groups excluding carboxylic acids is 1. The molecule has 5 nitrogen and oxygen atoms in total. The van der Waals surface area contributed by atoms with Gasteiger partial charge in [-0.2, -0.15) is 26.0 Å². The molecule has 0 heterocycles. The Morgan fingerprint density at radius 2 is 1.72 bits per heavy atom. The summed E-state index contributed by atoms with van der Waals surface area (Å²) in [5, 5.41) is -5.54. The summed E-state index contributed by atoms with van der Waals surface area (Å²) >= 11 is 0. The van der Waals surface area contributed by atoms with Crippen molar-refractivity contribution in [3.05, 3.63) is 0 Å². The molecular formula is C8H12F4O5S. The third-order valence-electron chi connectivity index (χ3n) is 1.94. The van der Waals surface area contributed by atoms with E-state index in [0.717, 1.165) is 6.92 Å². The van der Waals surface area contributed by atoms with Crippen LogP contribution in [0.15, 0.2) is 0 Å². The summed E-state index contributed by atoms with van der Waals surface area (Å²) in [7, 11) is -6.18. The number of hydrogen-bond acceptors (Lipinski definition) is 4. The van der Waals surface area contributed by atoms with Crippen LogP contribution in [0.25, 0.3) is 0 Å². The van der Waals surface area contributed by atoms with Gasteiger partial charge in [0.15, 0.2) is 0 Å². The van der Waals surface area contributed by atoms with Crippen molar-refractivity contribution in [3.8, 4) is 0 Å². The topological polar surface area (TPSA) is 80.7 Å². The van der Waals surface area contributed by atoms with Gasteiger partial charge in [-0.1, -0.05) is 0 Å². The Labute approximate surface area is 101 Å². The Kier molecular flexibility index (Phi) is 5.54. The molecule has 0 atom stereocenters. The zero-order valence-corrected chi connectivity index (χ0v) is 10.1. The van der Waals surface area contributed by atoms with E-state index in [2.05, 4.69) is 4.74 Å². The summed E-state index contributed by atoms with van der Waals surface area (Å²) in [5.74, 6) is -5.54. The molecule has 0 aromatic rings. The molecule has 0 aliphatic heterocycles. The number of unbranched alkanes of at least 4 members (excludes halogenated alkanes) is 1. The number of rotatable bonds is 7. The molecule has 0 aromatic heterocycles. The highest BCUT2D eigenvalue weighted by molar-refractivity contribution is 7.87. The Morgan fingerprint density at radius 3 is 2.11 bits per heavy atom. The molecule has 0 radical (unpaired) electrons. The van der Waals surface area contributed by atoms with E-state index in [4.69, 9.17) is 4.55 Å². The second-order valence-electron chi connectivity index (χ2n) is 3.49. The van der Waals surface area contributed by atoms with Crippen molar-refractivity contribution < 1.29 is 40.1 Å². The molecule has 0 unspecified atom stereocenters. The number of esters is 1. The van der Waals surface area contributed by atoms with E-state index in [1.807, 2.05) is 0 Å². The van der Waals surface area contributed by atoms with Crippen molar-refractivity contribution in [1.82, 2.24) is 0 Å². The third kappa shape index (κ3) is 4.41. The summed E-state index contributed by atoms with van der Waals surface area (Å²) in [4.78, 5) is 10.3. The fraction of sp³-hybridized carbons (Fsp3) is 0.875. The van der Waals surface area contributed by atoms with Crippen LogP contribution in [0.2, 0.25) is 0 Å². The molecule has 0 spiro atoms. The van der Waals surface area contributed by atoms with Gasteiger partial charge in [0.25, 0.3) is 0 Å². The first-order chi connectivity index (χ1) is 7.92. The van der Waals surface area contributed by atoms with Crippen LogP contribution in [0.3, 0.4) is 0 Å². The largest absolute Gasteiger partial charge is 0.466 e. The average Bonchev–Trinajstić information content (AvgIpc) is 2.14. The maximum Gasteiger partial charge on any atom is 0.431 e. The summed E-state index contributed by atoms with van der Waals surface area (Å²) in [6.45, 7) is 0.851.